The highest BCUT2D eigenvalue weighted by molar-refractivity contribution is 5.96. The van der Waals surface area contributed by atoms with Crippen molar-refractivity contribution in [3.63, 3.8) is 0 Å². The van der Waals surface area contributed by atoms with E-state index in [1.54, 1.807) is 0 Å². The molecule has 0 saturated carbocycles. The molecular weight excluding hydrogens is 675 g/mol. The van der Waals surface area contributed by atoms with E-state index in [4.69, 9.17) is 0 Å². The smallest absolute Gasteiger partial charge is 0.0713 e. The number of benzene rings is 9. The molecular formula is C55H39N. The van der Waals surface area contributed by atoms with Crippen LogP contribution in [-0.2, 0) is 5.41 Å². The van der Waals surface area contributed by atoms with Gasteiger partial charge < -0.3 is 4.90 Å². The molecule has 264 valence electrons. The highest BCUT2D eigenvalue weighted by Gasteiger charge is 2.46. The van der Waals surface area contributed by atoms with Crippen LogP contribution in [0.3, 0.4) is 0 Å². The van der Waals surface area contributed by atoms with Crippen LogP contribution in [0.25, 0.3) is 44.5 Å². The first-order chi connectivity index (χ1) is 27.8. The molecule has 0 amide bonds. The number of rotatable bonds is 8. The Labute approximate surface area is 329 Å². The number of fused-ring (bicyclic) bond motifs is 3. The van der Waals surface area contributed by atoms with Gasteiger partial charge in [-0.3, -0.25) is 0 Å². The summed E-state index contributed by atoms with van der Waals surface area (Å²) >= 11 is 0. The Morgan fingerprint density at radius 3 is 1.09 bits per heavy atom. The van der Waals surface area contributed by atoms with Gasteiger partial charge in [0.2, 0.25) is 0 Å². The summed E-state index contributed by atoms with van der Waals surface area (Å²) in [5, 5.41) is 0. The van der Waals surface area contributed by atoms with E-state index < -0.39 is 5.41 Å². The van der Waals surface area contributed by atoms with Gasteiger partial charge in [0.05, 0.1) is 5.41 Å². The zero-order valence-corrected chi connectivity index (χ0v) is 31.0. The maximum Gasteiger partial charge on any atom is 0.0713 e. The quantitative estimate of drug-likeness (QED) is 0.152. The summed E-state index contributed by atoms with van der Waals surface area (Å²) in [6.45, 7) is 0. The zero-order valence-electron chi connectivity index (χ0n) is 31.0. The lowest BCUT2D eigenvalue weighted by Gasteiger charge is -2.34. The molecule has 1 heteroatoms. The van der Waals surface area contributed by atoms with Crippen LogP contribution in [0.5, 0.6) is 0 Å². The maximum atomic E-state index is 2.36. The van der Waals surface area contributed by atoms with Crippen molar-refractivity contribution in [2.45, 2.75) is 5.41 Å². The largest absolute Gasteiger partial charge is 0.311 e. The van der Waals surface area contributed by atoms with Gasteiger partial charge in [-0.15, -0.1) is 0 Å². The minimum Gasteiger partial charge on any atom is -0.311 e. The molecule has 9 aromatic carbocycles. The van der Waals surface area contributed by atoms with Crippen molar-refractivity contribution in [1.29, 1.82) is 0 Å². The van der Waals surface area contributed by atoms with E-state index in [0.717, 1.165) is 17.1 Å². The van der Waals surface area contributed by atoms with Crippen molar-refractivity contribution in [1.82, 2.24) is 0 Å². The molecule has 9 aromatic rings. The van der Waals surface area contributed by atoms with Crippen LogP contribution in [-0.4, -0.2) is 0 Å². The molecule has 10 rings (SSSR count). The number of hydrogen-bond donors (Lipinski definition) is 0. The van der Waals surface area contributed by atoms with Crippen molar-refractivity contribution in [3.8, 4) is 44.5 Å². The van der Waals surface area contributed by atoms with Crippen LogP contribution in [0.15, 0.2) is 237 Å². The maximum absolute atomic E-state index is 2.36. The summed E-state index contributed by atoms with van der Waals surface area (Å²) in [7, 11) is 0. The normalized spacial score (nSPS) is 12.4. The summed E-state index contributed by atoms with van der Waals surface area (Å²) in [5.41, 5.74) is 17.9. The Morgan fingerprint density at radius 1 is 0.250 bits per heavy atom. The average Bonchev–Trinajstić information content (AvgIpc) is 3.60. The Morgan fingerprint density at radius 2 is 0.607 bits per heavy atom. The van der Waals surface area contributed by atoms with Crippen molar-refractivity contribution in [2.24, 2.45) is 0 Å². The van der Waals surface area contributed by atoms with Crippen molar-refractivity contribution in [2.75, 3.05) is 4.90 Å². The molecule has 0 heterocycles. The van der Waals surface area contributed by atoms with Crippen molar-refractivity contribution >= 4 is 17.1 Å². The first-order valence-electron chi connectivity index (χ1n) is 19.3. The van der Waals surface area contributed by atoms with Gasteiger partial charge in [-0.2, -0.15) is 0 Å². The van der Waals surface area contributed by atoms with Crippen LogP contribution in [0.1, 0.15) is 22.3 Å². The van der Waals surface area contributed by atoms with Gasteiger partial charge in [-0.1, -0.05) is 200 Å². The third-order valence-electron chi connectivity index (χ3n) is 11.4. The molecule has 0 N–H and O–H groups in total. The minimum atomic E-state index is -0.432. The molecule has 56 heavy (non-hydrogen) atoms. The molecule has 0 atom stereocenters. The van der Waals surface area contributed by atoms with Crippen molar-refractivity contribution < 1.29 is 0 Å². The fraction of sp³-hybridized carbons (Fsp3) is 0.0182. The fourth-order valence-corrected chi connectivity index (χ4v) is 8.84. The summed E-state index contributed by atoms with van der Waals surface area (Å²) in [6.07, 6.45) is 0. The first kappa shape index (κ1) is 33.4. The summed E-state index contributed by atoms with van der Waals surface area (Å²) in [4.78, 5) is 2.36. The molecule has 0 spiro atoms. The van der Waals surface area contributed by atoms with E-state index in [2.05, 4.69) is 241 Å². The average molecular weight is 714 g/mol. The molecule has 0 unspecified atom stereocenters. The van der Waals surface area contributed by atoms with E-state index in [0.29, 0.717) is 0 Å². The van der Waals surface area contributed by atoms with Gasteiger partial charge in [0.1, 0.15) is 0 Å². The molecule has 0 saturated heterocycles. The van der Waals surface area contributed by atoms with E-state index in [1.165, 1.54) is 66.8 Å². The van der Waals surface area contributed by atoms with Crippen LogP contribution in [0.4, 0.5) is 17.1 Å². The van der Waals surface area contributed by atoms with E-state index >= 15 is 0 Å². The van der Waals surface area contributed by atoms with Gasteiger partial charge in [0, 0.05) is 17.1 Å². The van der Waals surface area contributed by atoms with Gasteiger partial charge >= 0.3 is 0 Å². The lowest BCUT2D eigenvalue weighted by Crippen LogP contribution is -2.28. The highest BCUT2D eigenvalue weighted by atomic mass is 15.1. The molecule has 1 aliphatic carbocycles. The van der Waals surface area contributed by atoms with Crippen LogP contribution in [0.2, 0.25) is 0 Å². The van der Waals surface area contributed by atoms with E-state index in [-0.39, 0.29) is 0 Å². The molecule has 0 bridgehead atoms. The molecule has 0 aliphatic heterocycles. The monoisotopic (exact) mass is 713 g/mol. The van der Waals surface area contributed by atoms with Crippen LogP contribution in [0, 0.1) is 0 Å². The Balaban J connectivity index is 1.09. The van der Waals surface area contributed by atoms with Gasteiger partial charge in [0.25, 0.3) is 0 Å². The summed E-state index contributed by atoms with van der Waals surface area (Å²) < 4.78 is 0. The topological polar surface area (TPSA) is 3.24 Å². The fourth-order valence-electron chi connectivity index (χ4n) is 8.84. The van der Waals surface area contributed by atoms with Crippen LogP contribution >= 0.6 is 0 Å². The lowest BCUT2D eigenvalue weighted by molar-refractivity contribution is 0.768. The molecule has 1 aliphatic rings. The number of nitrogens with zero attached hydrogens (tertiary/aromatic N) is 1. The predicted molar refractivity (Wildman–Crippen MR) is 235 cm³/mol. The Hall–Kier alpha value is -7.22. The number of hydrogen-bond acceptors (Lipinski definition) is 1. The third-order valence-corrected chi connectivity index (χ3v) is 11.4. The highest BCUT2D eigenvalue weighted by Crippen LogP contribution is 2.58. The third kappa shape index (κ3) is 5.65. The molecule has 0 fully saturated rings. The van der Waals surface area contributed by atoms with E-state index in [1.807, 2.05) is 0 Å². The molecule has 0 aromatic heterocycles. The minimum absolute atomic E-state index is 0.432. The zero-order chi connectivity index (χ0) is 37.3. The Bertz CT molecular complexity index is 2610. The lowest BCUT2D eigenvalue weighted by atomic mass is 9.67. The molecule has 1 nitrogen and oxygen atoms in total. The van der Waals surface area contributed by atoms with E-state index in [9.17, 15) is 0 Å². The standard InChI is InChI=1S/C55H39N/c1-5-16-40(17-6-1)42-28-34-47(35-29-42)56(48-36-30-43(31-37-48)41-18-7-2-8-19-41)49-38-32-44(33-39-49)50-25-15-27-53-54(50)51-24-13-14-26-52(51)55(53,45-20-9-3-10-21-45)46-22-11-4-12-23-46/h1-39H. The summed E-state index contributed by atoms with van der Waals surface area (Å²) in [6, 6.07) is 86.0. The first-order valence-corrected chi connectivity index (χ1v) is 19.3. The van der Waals surface area contributed by atoms with Gasteiger partial charge in [-0.25, -0.2) is 0 Å². The second kappa shape index (κ2) is 14.2. The van der Waals surface area contributed by atoms with Crippen LogP contribution < -0.4 is 4.90 Å². The molecule has 0 radical (unpaired) electrons. The van der Waals surface area contributed by atoms with Gasteiger partial charge in [-0.05, 0) is 103 Å². The number of anilines is 3. The Kier molecular flexibility index (Phi) is 8.46. The predicted octanol–water partition coefficient (Wildman–Crippen LogP) is 14.5. The summed E-state index contributed by atoms with van der Waals surface area (Å²) in [5.74, 6) is 0. The van der Waals surface area contributed by atoms with Crippen molar-refractivity contribution in [3.05, 3.63) is 259 Å². The van der Waals surface area contributed by atoms with Gasteiger partial charge in [0.15, 0.2) is 0 Å². The SMILES string of the molecule is c1ccc(-c2ccc(N(c3ccc(-c4ccccc4)cc3)c3ccc(-c4cccc5c4-c4ccccc4C5(c4ccccc4)c4ccccc4)cc3)cc2)cc1. The second-order valence-electron chi connectivity index (χ2n) is 14.5. The second-order valence-corrected chi connectivity index (χ2v) is 14.5.